The van der Waals surface area contributed by atoms with Crippen LogP contribution in [0.3, 0.4) is 0 Å². The van der Waals surface area contributed by atoms with Crippen molar-refractivity contribution in [2.24, 2.45) is 0 Å². The first-order valence-electron chi connectivity index (χ1n) is 9.15. The smallest absolute Gasteiger partial charge is 0.242 e. The summed E-state index contributed by atoms with van der Waals surface area (Å²) in [5, 5.41) is 6.83. The van der Waals surface area contributed by atoms with Gasteiger partial charge in [-0.15, -0.1) is 12.4 Å². The second-order valence-electron chi connectivity index (χ2n) is 6.97. The zero-order valence-corrected chi connectivity index (χ0v) is 17.9. The molecular formula is C19H27ClN2O5S. The van der Waals surface area contributed by atoms with E-state index >= 15 is 0 Å². The molecule has 7 nitrogen and oxygen atoms in total. The molecule has 1 aliphatic heterocycles. The first kappa shape index (κ1) is 22.5. The van der Waals surface area contributed by atoms with E-state index in [-0.39, 0.29) is 25.2 Å². The Balaban J connectivity index is 0.00000280. The molecule has 1 unspecified atom stereocenters. The van der Waals surface area contributed by atoms with E-state index in [0.717, 1.165) is 11.6 Å². The summed E-state index contributed by atoms with van der Waals surface area (Å²) in [5.74, 6) is 0.735. The first-order chi connectivity index (χ1) is 12.8. The van der Waals surface area contributed by atoms with Crippen LogP contribution in [0.15, 0.2) is 28.7 Å². The average Bonchev–Trinajstić information content (AvgIpc) is 3.07. The van der Waals surface area contributed by atoms with Gasteiger partial charge in [-0.2, -0.15) is 0 Å². The molecule has 1 aromatic carbocycles. The molecule has 2 N–H and O–H groups in total. The number of hydrogen-bond acceptors (Lipinski definition) is 6. The predicted octanol–water partition coefficient (Wildman–Crippen LogP) is 2.60. The molecule has 0 saturated carbocycles. The van der Waals surface area contributed by atoms with Gasteiger partial charge in [0.15, 0.2) is 25.9 Å². The fourth-order valence-electron chi connectivity index (χ4n) is 3.53. The lowest BCUT2D eigenvalue weighted by Crippen LogP contribution is -2.57. The van der Waals surface area contributed by atoms with Gasteiger partial charge in [0, 0.05) is 11.6 Å². The quantitative estimate of drug-likeness (QED) is 0.731. The van der Waals surface area contributed by atoms with Gasteiger partial charge < -0.3 is 19.8 Å². The summed E-state index contributed by atoms with van der Waals surface area (Å²) in [5.41, 5.74) is 0.621. The van der Waals surface area contributed by atoms with Gasteiger partial charge in [-0.1, -0.05) is 12.1 Å². The van der Waals surface area contributed by atoms with Gasteiger partial charge in [0.05, 0.1) is 12.6 Å². The number of amides is 1. The molecule has 1 amide bonds. The zero-order valence-electron chi connectivity index (χ0n) is 16.3. The molecule has 0 bridgehead atoms. The highest BCUT2D eigenvalue weighted by atomic mass is 35.5. The maximum Gasteiger partial charge on any atom is 0.242 e. The van der Waals surface area contributed by atoms with Crippen LogP contribution < -0.4 is 15.4 Å². The monoisotopic (exact) mass is 430 g/mol. The lowest BCUT2D eigenvalue weighted by molar-refractivity contribution is -0.125. The number of carbonyl (C=O) groups excluding carboxylic acids is 1. The number of benzene rings is 1. The summed E-state index contributed by atoms with van der Waals surface area (Å²) in [4.78, 5) is 13.0. The second kappa shape index (κ2) is 8.71. The maximum absolute atomic E-state index is 13.0. The summed E-state index contributed by atoms with van der Waals surface area (Å²) < 4.78 is 34.9. The number of piperidine rings is 1. The van der Waals surface area contributed by atoms with Gasteiger partial charge in [0.1, 0.15) is 5.76 Å². The SMILES string of the molecule is CCOc1cccc2cc(C(C)NC(=O)C3(S(C)(=O)=O)CCNCC3)oc12.Cl. The van der Waals surface area contributed by atoms with Gasteiger partial charge in [0.25, 0.3) is 0 Å². The molecule has 0 aliphatic carbocycles. The molecule has 28 heavy (non-hydrogen) atoms. The van der Waals surface area contributed by atoms with E-state index in [0.29, 0.717) is 36.8 Å². The van der Waals surface area contributed by atoms with Crippen LogP contribution in [0.1, 0.15) is 38.5 Å². The minimum absolute atomic E-state index is 0. The number of sulfone groups is 1. The molecule has 156 valence electrons. The van der Waals surface area contributed by atoms with Crippen molar-refractivity contribution in [2.45, 2.75) is 37.5 Å². The Kier molecular flexibility index (Phi) is 7.01. The van der Waals surface area contributed by atoms with E-state index in [1.54, 1.807) is 6.92 Å². The van der Waals surface area contributed by atoms with Crippen LogP contribution in [0.5, 0.6) is 5.75 Å². The van der Waals surface area contributed by atoms with Crippen molar-refractivity contribution in [1.82, 2.24) is 10.6 Å². The van der Waals surface area contributed by atoms with E-state index in [1.165, 1.54) is 0 Å². The number of nitrogens with one attached hydrogen (secondary N) is 2. The zero-order chi connectivity index (χ0) is 19.7. The number of hydrogen-bond donors (Lipinski definition) is 2. The predicted molar refractivity (Wildman–Crippen MR) is 111 cm³/mol. The van der Waals surface area contributed by atoms with Crippen LogP contribution in [0, 0.1) is 0 Å². The maximum atomic E-state index is 13.0. The van der Waals surface area contributed by atoms with Gasteiger partial charge in [-0.25, -0.2) is 8.42 Å². The van der Waals surface area contributed by atoms with Gasteiger partial charge >= 0.3 is 0 Å². The van der Waals surface area contributed by atoms with E-state index in [4.69, 9.17) is 9.15 Å². The van der Waals surface area contributed by atoms with Crippen LogP contribution in [-0.2, 0) is 14.6 Å². The third kappa shape index (κ3) is 4.14. The number of furan rings is 1. The minimum Gasteiger partial charge on any atom is -0.490 e. The molecule has 9 heteroatoms. The number of halogens is 1. The van der Waals surface area contributed by atoms with Crippen molar-refractivity contribution < 1.29 is 22.4 Å². The fourth-order valence-corrected chi connectivity index (χ4v) is 4.88. The van der Waals surface area contributed by atoms with E-state index in [2.05, 4.69) is 10.6 Å². The normalized spacial score (nSPS) is 17.5. The van der Waals surface area contributed by atoms with Crippen molar-refractivity contribution >= 4 is 39.1 Å². The summed E-state index contributed by atoms with van der Waals surface area (Å²) in [6.45, 7) is 5.20. The van der Waals surface area contributed by atoms with Crippen LogP contribution in [-0.4, -0.2) is 45.0 Å². The Morgan fingerprint density at radius 3 is 2.64 bits per heavy atom. The van der Waals surface area contributed by atoms with Crippen molar-refractivity contribution in [3.63, 3.8) is 0 Å². The Morgan fingerprint density at radius 2 is 2.04 bits per heavy atom. The lowest BCUT2D eigenvalue weighted by atomic mass is 9.95. The number of carbonyl (C=O) groups is 1. The highest BCUT2D eigenvalue weighted by Gasteiger charge is 2.49. The molecule has 1 fully saturated rings. The molecule has 1 saturated heterocycles. The van der Waals surface area contributed by atoms with Crippen molar-refractivity contribution in [1.29, 1.82) is 0 Å². The van der Waals surface area contributed by atoms with E-state index in [1.807, 2.05) is 31.2 Å². The van der Waals surface area contributed by atoms with E-state index < -0.39 is 26.5 Å². The van der Waals surface area contributed by atoms with Crippen LogP contribution in [0.2, 0.25) is 0 Å². The Morgan fingerprint density at radius 1 is 1.36 bits per heavy atom. The standard InChI is InChI=1S/C19H26N2O5S.ClH/c1-4-25-15-7-5-6-14-12-16(26-17(14)15)13(2)21-18(22)19(27(3,23)24)8-10-20-11-9-19;/h5-7,12-13,20H,4,8-11H2,1-3H3,(H,21,22);1H. The molecular weight excluding hydrogens is 404 g/mol. The van der Waals surface area contributed by atoms with Crippen LogP contribution >= 0.6 is 12.4 Å². The molecule has 1 aromatic heterocycles. The molecule has 1 atom stereocenters. The lowest BCUT2D eigenvalue weighted by Gasteiger charge is -2.35. The number of para-hydroxylation sites is 1. The molecule has 3 rings (SSSR count). The molecule has 2 aromatic rings. The third-order valence-corrected chi connectivity index (χ3v) is 7.15. The van der Waals surface area contributed by atoms with E-state index in [9.17, 15) is 13.2 Å². The van der Waals surface area contributed by atoms with Gasteiger partial charge in [0.2, 0.25) is 5.91 Å². The number of fused-ring (bicyclic) bond motifs is 1. The largest absolute Gasteiger partial charge is 0.490 e. The highest BCUT2D eigenvalue weighted by Crippen LogP contribution is 2.33. The first-order valence-corrected chi connectivity index (χ1v) is 11.0. The van der Waals surface area contributed by atoms with Gasteiger partial charge in [-0.05, 0) is 51.9 Å². The summed E-state index contributed by atoms with van der Waals surface area (Å²) >= 11 is 0. The summed E-state index contributed by atoms with van der Waals surface area (Å²) in [7, 11) is -3.56. The fraction of sp³-hybridized carbons (Fsp3) is 0.526. The average molecular weight is 431 g/mol. The molecule has 1 aliphatic rings. The Labute approximate surface area is 171 Å². The minimum atomic E-state index is -3.56. The number of ether oxygens (including phenoxy) is 1. The summed E-state index contributed by atoms with van der Waals surface area (Å²) in [6, 6.07) is 7.00. The van der Waals surface area contributed by atoms with Crippen LogP contribution in [0.25, 0.3) is 11.0 Å². The summed E-state index contributed by atoms with van der Waals surface area (Å²) in [6.07, 6.45) is 1.66. The third-order valence-electron chi connectivity index (χ3n) is 5.14. The molecule has 0 radical (unpaired) electrons. The highest BCUT2D eigenvalue weighted by molar-refractivity contribution is 7.92. The van der Waals surface area contributed by atoms with Crippen molar-refractivity contribution in [3.8, 4) is 5.75 Å². The van der Waals surface area contributed by atoms with Gasteiger partial charge in [-0.3, -0.25) is 4.79 Å². The van der Waals surface area contributed by atoms with Crippen molar-refractivity contribution in [2.75, 3.05) is 26.0 Å². The molecule has 2 heterocycles. The Hall–Kier alpha value is -1.77. The van der Waals surface area contributed by atoms with Crippen LogP contribution in [0.4, 0.5) is 0 Å². The van der Waals surface area contributed by atoms with Crippen molar-refractivity contribution in [3.05, 3.63) is 30.0 Å². The number of rotatable bonds is 6. The second-order valence-corrected chi connectivity index (χ2v) is 9.29. The Bertz CT molecular complexity index is 935. The molecule has 0 spiro atoms. The topological polar surface area (TPSA) is 97.6 Å².